The van der Waals surface area contributed by atoms with E-state index in [1.54, 1.807) is 56.5 Å². The Morgan fingerprint density at radius 2 is 2.00 bits per heavy atom. The minimum Gasteiger partial charge on any atom is -0.508 e. The van der Waals surface area contributed by atoms with Crippen LogP contribution in [0.15, 0.2) is 70.4 Å². The van der Waals surface area contributed by atoms with Crippen molar-refractivity contribution in [1.29, 1.82) is 0 Å². The first-order chi connectivity index (χ1) is 16.3. The summed E-state index contributed by atoms with van der Waals surface area (Å²) < 4.78 is 7.32. The van der Waals surface area contributed by atoms with E-state index in [0.717, 1.165) is 5.56 Å². The van der Waals surface area contributed by atoms with Crippen molar-refractivity contribution in [2.24, 2.45) is 0 Å². The van der Waals surface area contributed by atoms with Crippen LogP contribution in [0.4, 0.5) is 11.4 Å². The number of aryl methyl sites for hydroxylation is 1. The van der Waals surface area contributed by atoms with Crippen molar-refractivity contribution in [3.8, 4) is 17.1 Å². The number of hydrogen-bond acceptors (Lipinski definition) is 8. The number of nitrogens with one attached hydrogen (secondary N) is 1. The highest BCUT2D eigenvalue weighted by atomic mass is 32.2. The number of aromatic nitrogens is 3. The quantitative estimate of drug-likeness (QED) is 0.212. The molecular formula is C23H21N5O5S. The average molecular weight is 480 g/mol. The van der Waals surface area contributed by atoms with Crippen LogP contribution in [0.2, 0.25) is 0 Å². The highest BCUT2D eigenvalue weighted by Gasteiger charge is 2.22. The highest BCUT2D eigenvalue weighted by Crippen LogP contribution is 2.30. The van der Waals surface area contributed by atoms with Gasteiger partial charge in [0.05, 0.1) is 28.7 Å². The Morgan fingerprint density at radius 3 is 2.68 bits per heavy atom. The van der Waals surface area contributed by atoms with Crippen LogP contribution in [0.25, 0.3) is 11.4 Å². The Hall–Kier alpha value is -4.12. The third-order valence-electron chi connectivity index (χ3n) is 5.08. The van der Waals surface area contributed by atoms with Crippen LogP contribution in [0, 0.1) is 17.0 Å². The second-order valence-corrected chi connectivity index (χ2v) is 8.83. The molecule has 2 heterocycles. The summed E-state index contributed by atoms with van der Waals surface area (Å²) in [7, 11) is 0. The second-order valence-electron chi connectivity index (χ2n) is 7.52. The number of anilines is 1. The van der Waals surface area contributed by atoms with Gasteiger partial charge in [-0.3, -0.25) is 19.5 Å². The lowest BCUT2D eigenvalue weighted by Crippen LogP contribution is -2.23. The molecule has 2 aromatic heterocycles. The summed E-state index contributed by atoms with van der Waals surface area (Å²) >= 11 is 1.21. The first-order valence-corrected chi connectivity index (χ1v) is 11.2. The third kappa shape index (κ3) is 5.09. The summed E-state index contributed by atoms with van der Waals surface area (Å²) in [5.41, 5.74) is 1.74. The predicted molar refractivity (Wildman–Crippen MR) is 127 cm³/mol. The maximum absolute atomic E-state index is 12.9. The predicted octanol–water partition coefficient (Wildman–Crippen LogP) is 4.63. The topological polar surface area (TPSA) is 136 Å². The number of benzene rings is 2. The molecule has 0 aliphatic carbocycles. The zero-order valence-corrected chi connectivity index (χ0v) is 19.2. The summed E-state index contributed by atoms with van der Waals surface area (Å²) in [5, 5.41) is 32.0. The molecule has 0 unspecified atom stereocenters. The van der Waals surface area contributed by atoms with Crippen molar-refractivity contribution < 1.29 is 19.2 Å². The van der Waals surface area contributed by atoms with Crippen LogP contribution < -0.4 is 5.32 Å². The molecule has 2 aromatic carbocycles. The van der Waals surface area contributed by atoms with Gasteiger partial charge in [-0.05, 0) is 55.8 Å². The fourth-order valence-corrected chi connectivity index (χ4v) is 4.05. The zero-order chi connectivity index (χ0) is 24.2. The van der Waals surface area contributed by atoms with E-state index in [0.29, 0.717) is 34.5 Å². The van der Waals surface area contributed by atoms with Crippen molar-refractivity contribution in [2.45, 2.75) is 30.8 Å². The van der Waals surface area contributed by atoms with E-state index >= 15 is 0 Å². The van der Waals surface area contributed by atoms with Gasteiger partial charge in [0.2, 0.25) is 5.91 Å². The monoisotopic (exact) mass is 479 g/mol. The highest BCUT2D eigenvalue weighted by molar-refractivity contribution is 8.00. The number of non-ortho nitro benzene ring substituents is 1. The van der Waals surface area contributed by atoms with Crippen LogP contribution in [0.5, 0.6) is 5.75 Å². The second kappa shape index (κ2) is 9.79. The Kier molecular flexibility index (Phi) is 6.64. The van der Waals surface area contributed by atoms with Crippen LogP contribution >= 0.6 is 11.8 Å². The fourth-order valence-electron chi connectivity index (χ4n) is 3.21. The van der Waals surface area contributed by atoms with Crippen molar-refractivity contribution in [3.05, 3.63) is 82.3 Å². The molecule has 2 N–H and O–H groups in total. The van der Waals surface area contributed by atoms with Crippen molar-refractivity contribution >= 4 is 29.0 Å². The van der Waals surface area contributed by atoms with Crippen LogP contribution in [0.3, 0.4) is 0 Å². The van der Waals surface area contributed by atoms with Crippen LogP contribution in [0.1, 0.15) is 18.2 Å². The van der Waals surface area contributed by atoms with Gasteiger partial charge in [0.25, 0.3) is 5.69 Å². The molecule has 11 heteroatoms. The number of carbonyl (C=O) groups excluding carboxylic acids is 1. The van der Waals surface area contributed by atoms with Gasteiger partial charge in [0.15, 0.2) is 11.0 Å². The number of amides is 1. The molecule has 0 bridgehead atoms. The Bertz CT molecular complexity index is 1320. The van der Waals surface area contributed by atoms with Crippen molar-refractivity contribution in [3.63, 3.8) is 0 Å². The number of nitro benzene ring substituents is 1. The van der Waals surface area contributed by atoms with Crippen molar-refractivity contribution in [2.75, 3.05) is 5.32 Å². The average Bonchev–Trinajstić information content (AvgIpc) is 3.46. The molecule has 0 saturated heterocycles. The molecule has 1 amide bonds. The number of furan rings is 1. The molecule has 10 nitrogen and oxygen atoms in total. The summed E-state index contributed by atoms with van der Waals surface area (Å²) in [6, 6.07) is 14.5. The van der Waals surface area contributed by atoms with Crippen molar-refractivity contribution in [1.82, 2.24) is 14.8 Å². The number of thioether (sulfide) groups is 1. The molecule has 1 atom stereocenters. The van der Waals surface area contributed by atoms with Gasteiger partial charge < -0.3 is 14.8 Å². The Labute approximate surface area is 198 Å². The third-order valence-corrected chi connectivity index (χ3v) is 6.16. The first kappa shape index (κ1) is 23.1. The fraction of sp³-hybridized carbons (Fsp3) is 0.174. The maximum Gasteiger partial charge on any atom is 0.271 e. The summed E-state index contributed by atoms with van der Waals surface area (Å²) in [5.74, 6) is 1.05. The number of aromatic hydroxyl groups is 1. The Balaban J connectivity index is 1.58. The van der Waals surface area contributed by atoms with E-state index in [4.69, 9.17) is 4.42 Å². The number of nitro groups is 1. The van der Waals surface area contributed by atoms with E-state index in [2.05, 4.69) is 15.5 Å². The number of phenols is 1. The van der Waals surface area contributed by atoms with Gasteiger partial charge in [-0.15, -0.1) is 10.2 Å². The standard InChI is InChI=1S/C23H21N5O5S/c1-14-5-8-17(28(31)32)12-20(14)24-22(30)15(2)34-23-26-25-21(16-6-9-18(29)10-7-16)27(23)13-19-4-3-11-33-19/h3-12,15,29H,13H2,1-2H3,(H,24,30)/t15-/m1/s1. The molecule has 34 heavy (non-hydrogen) atoms. The molecule has 0 aliphatic rings. The van der Waals surface area contributed by atoms with E-state index < -0.39 is 10.2 Å². The Morgan fingerprint density at radius 1 is 1.24 bits per heavy atom. The maximum atomic E-state index is 12.9. The van der Waals surface area contributed by atoms with E-state index in [1.807, 2.05) is 10.6 Å². The van der Waals surface area contributed by atoms with Gasteiger partial charge in [-0.1, -0.05) is 17.8 Å². The van der Waals surface area contributed by atoms with Gasteiger partial charge in [0, 0.05) is 17.7 Å². The molecule has 0 spiro atoms. The molecule has 0 fully saturated rings. The number of carbonyl (C=O) groups is 1. The normalized spacial score (nSPS) is 11.8. The number of phenolic OH excluding ortho intramolecular Hbond substituents is 1. The lowest BCUT2D eigenvalue weighted by Gasteiger charge is -2.14. The number of hydrogen-bond donors (Lipinski definition) is 2. The minimum atomic E-state index is -0.578. The van der Waals surface area contributed by atoms with Gasteiger partial charge in [0.1, 0.15) is 11.5 Å². The van der Waals surface area contributed by atoms with E-state index in [1.165, 1.54) is 23.9 Å². The molecule has 4 rings (SSSR count). The molecular weight excluding hydrogens is 458 g/mol. The lowest BCUT2D eigenvalue weighted by molar-refractivity contribution is -0.384. The molecule has 4 aromatic rings. The van der Waals surface area contributed by atoms with E-state index in [9.17, 15) is 20.0 Å². The summed E-state index contributed by atoms with van der Waals surface area (Å²) in [6.45, 7) is 3.83. The van der Waals surface area contributed by atoms with Crippen LogP contribution in [-0.4, -0.2) is 36.0 Å². The molecule has 174 valence electrons. The van der Waals surface area contributed by atoms with Gasteiger partial charge in [-0.25, -0.2) is 0 Å². The summed E-state index contributed by atoms with van der Waals surface area (Å²) in [6.07, 6.45) is 1.57. The van der Waals surface area contributed by atoms with Crippen LogP contribution in [-0.2, 0) is 11.3 Å². The SMILES string of the molecule is Cc1ccc([N+](=O)[O-])cc1NC(=O)[C@@H](C)Sc1nnc(-c2ccc(O)cc2)n1Cc1ccco1. The van der Waals surface area contributed by atoms with Gasteiger partial charge >= 0.3 is 0 Å². The summed E-state index contributed by atoms with van der Waals surface area (Å²) in [4.78, 5) is 23.5. The lowest BCUT2D eigenvalue weighted by atomic mass is 10.2. The molecule has 0 radical (unpaired) electrons. The smallest absolute Gasteiger partial charge is 0.271 e. The number of nitrogens with zero attached hydrogens (tertiary/aromatic N) is 4. The van der Waals surface area contributed by atoms with Gasteiger partial charge in [-0.2, -0.15) is 0 Å². The minimum absolute atomic E-state index is 0.0991. The number of rotatable bonds is 8. The molecule has 0 saturated carbocycles. The zero-order valence-electron chi connectivity index (χ0n) is 18.3. The molecule has 0 aliphatic heterocycles. The largest absolute Gasteiger partial charge is 0.508 e. The van der Waals surface area contributed by atoms with E-state index in [-0.39, 0.29) is 17.3 Å². The first-order valence-electron chi connectivity index (χ1n) is 10.3.